The minimum absolute atomic E-state index is 0.0610. The Morgan fingerprint density at radius 2 is 2.04 bits per heavy atom. The first kappa shape index (κ1) is 16.7. The number of piperazine rings is 1. The molecule has 7 nitrogen and oxygen atoms in total. The zero-order valence-corrected chi connectivity index (χ0v) is 14.6. The molecule has 3 rings (SSSR count). The van der Waals surface area contributed by atoms with Gasteiger partial charge >= 0.3 is 0 Å². The van der Waals surface area contributed by atoms with Crippen LogP contribution in [-0.2, 0) is 20.0 Å². The number of aryl methyl sites for hydroxylation is 1. The third kappa shape index (κ3) is 3.84. The van der Waals surface area contributed by atoms with E-state index in [1.165, 1.54) is 0 Å². The van der Waals surface area contributed by atoms with Crippen molar-refractivity contribution in [1.82, 2.24) is 24.5 Å². The third-order valence-corrected chi connectivity index (χ3v) is 4.33. The molecule has 1 aliphatic rings. The maximum Gasteiger partial charge on any atom is 0.292 e. The Kier molecular flexibility index (Phi) is 4.99. The third-order valence-electron chi connectivity index (χ3n) is 4.33. The van der Waals surface area contributed by atoms with Crippen LogP contribution >= 0.6 is 0 Å². The van der Waals surface area contributed by atoms with E-state index in [9.17, 15) is 4.79 Å². The van der Waals surface area contributed by atoms with Crippen molar-refractivity contribution < 1.29 is 9.32 Å². The maximum absolute atomic E-state index is 12.5. The van der Waals surface area contributed by atoms with Gasteiger partial charge in [0, 0.05) is 51.7 Å². The second-order valence-corrected chi connectivity index (χ2v) is 6.80. The first-order valence-corrected chi connectivity index (χ1v) is 8.46. The second kappa shape index (κ2) is 7.17. The molecule has 24 heavy (non-hydrogen) atoms. The van der Waals surface area contributed by atoms with Crippen LogP contribution in [-0.4, -0.2) is 56.6 Å². The van der Waals surface area contributed by atoms with Gasteiger partial charge in [0.2, 0.25) is 5.76 Å². The van der Waals surface area contributed by atoms with Crippen molar-refractivity contribution in [2.24, 2.45) is 13.0 Å². The molecular weight excluding hydrogens is 306 g/mol. The van der Waals surface area contributed by atoms with Crippen LogP contribution in [0.1, 0.15) is 35.9 Å². The fraction of sp³-hybridized carbons (Fsp3) is 0.588. The first-order valence-electron chi connectivity index (χ1n) is 8.46. The van der Waals surface area contributed by atoms with Crippen LogP contribution < -0.4 is 0 Å². The van der Waals surface area contributed by atoms with Crippen LogP contribution in [0, 0.1) is 5.92 Å². The molecule has 2 aromatic heterocycles. The Balaban J connectivity index is 1.53. The molecule has 1 amide bonds. The number of aromatic nitrogens is 3. The lowest BCUT2D eigenvalue weighted by molar-refractivity contribution is 0.0584. The number of carbonyl (C=O) groups excluding carboxylic acids is 1. The Labute approximate surface area is 142 Å². The molecule has 0 bridgehead atoms. The summed E-state index contributed by atoms with van der Waals surface area (Å²) in [7, 11) is 2.00. The van der Waals surface area contributed by atoms with Crippen molar-refractivity contribution >= 4 is 5.91 Å². The van der Waals surface area contributed by atoms with Gasteiger partial charge in [-0.2, -0.15) is 0 Å². The minimum atomic E-state index is -0.0610. The van der Waals surface area contributed by atoms with E-state index >= 15 is 0 Å². The Morgan fingerprint density at radius 1 is 1.29 bits per heavy atom. The number of imidazole rings is 1. The van der Waals surface area contributed by atoms with Crippen LogP contribution in [0.25, 0.3) is 0 Å². The minimum Gasteiger partial charge on any atom is -0.351 e. The van der Waals surface area contributed by atoms with E-state index in [2.05, 4.69) is 28.9 Å². The summed E-state index contributed by atoms with van der Waals surface area (Å²) in [6.07, 6.45) is 4.59. The second-order valence-electron chi connectivity index (χ2n) is 6.80. The highest BCUT2D eigenvalue weighted by atomic mass is 16.5. The van der Waals surface area contributed by atoms with Gasteiger partial charge in [-0.1, -0.05) is 19.0 Å². The summed E-state index contributed by atoms with van der Waals surface area (Å²) < 4.78 is 7.27. The van der Waals surface area contributed by atoms with Crippen molar-refractivity contribution in [2.75, 3.05) is 26.2 Å². The summed E-state index contributed by atoms with van der Waals surface area (Å²) in [6.45, 7) is 8.13. The van der Waals surface area contributed by atoms with E-state index in [0.29, 0.717) is 24.8 Å². The molecule has 2 aromatic rings. The lowest BCUT2D eigenvalue weighted by atomic mass is 10.1. The highest BCUT2D eigenvalue weighted by Crippen LogP contribution is 2.14. The molecule has 3 heterocycles. The molecule has 0 saturated carbocycles. The Hall–Kier alpha value is -2.15. The molecule has 0 radical (unpaired) electrons. The smallest absolute Gasteiger partial charge is 0.292 e. The first-order chi connectivity index (χ1) is 11.5. The van der Waals surface area contributed by atoms with Gasteiger partial charge in [-0.15, -0.1) is 0 Å². The number of hydrogen-bond acceptors (Lipinski definition) is 5. The Morgan fingerprint density at radius 3 is 2.67 bits per heavy atom. The predicted molar refractivity (Wildman–Crippen MR) is 89.4 cm³/mol. The lowest BCUT2D eigenvalue weighted by Crippen LogP contribution is -2.48. The molecule has 0 aromatic carbocycles. The summed E-state index contributed by atoms with van der Waals surface area (Å²) >= 11 is 0. The number of amides is 1. The maximum atomic E-state index is 12.5. The van der Waals surface area contributed by atoms with Crippen LogP contribution in [0.5, 0.6) is 0 Å². The fourth-order valence-electron chi connectivity index (χ4n) is 2.94. The van der Waals surface area contributed by atoms with Gasteiger partial charge in [0.1, 0.15) is 5.82 Å². The number of rotatable bonds is 5. The standard InChI is InChI=1S/C17H25N5O2/c1-13(2)10-14-11-15(24-19-14)17(23)22-8-6-21(7-9-22)12-16-18-4-5-20(16)3/h4-5,11,13H,6-10,12H2,1-3H3. The van der Waals surface area contributed by atoms with Gasteiger partial charge < -0.3 is 14.0 Å². The molecule has 1 aliphatic heterocycles. The zero-order valence-electron chi connectivity index (χ0n) is 14.6. The summed E-state index contributed by atoms with van der Waals surface area (Å²) in [6, 6.07) is 1.78. The van der Waals surface area contributed by atoms with Gasteiger partial charge in [-0.3, -0.25) is 9.69 Å². The van der Waals surface area contributed by atoms with Gasteiger partial charge in [-0.05, 0) is 12.3 Å². The summed E-state index contributed by atoms with van der Waals surface area (Å²) in [4.78, 5) is 21.0. The van der Waals surface area contributed by atoms with Crippen molar-refractivity contribution in [3.63, 3.8) is 0 Å². The number of nitrogens with zero attached hydrogens (tertiary/aromatic N) is 5. The SMILES string of the molecule is CC(C)Cc1cc(C(=O)N2CCN(Cc3nccn3C)CC2)on1. The molecule has 1 saturated heterocycles. The van der Waals surface area contributed by atoms with Crippen LogP contribution in [0.4, 0.5) is 0 Å². The quantitative estimate of drug-likeness (QED) is 0.832. The average molecular weight is 331 g/mol. The van der Waals surface area contributed by atoms with Crippen molar-refractivity contribution in [3.05, 3.63) is 35.7 Å². The molecular formula is C17H25N5O2. The van der Waals surface area contributed by atoms with E-state index in [1.54, 1.807) is 6.07 Å². The molecule has 0 unspecified atom stereocenters. The summed E-state index contributed by atoms with van der Waals surface area (Å²) in [5.41, 5.74) is 0.849. The summed E-state index contributed by atoms with van der Waals surface area (Å²) in [5.74, 6) is 1.83. The number of hydrogen-bond donors (Lipinski definition) is 0. The van der Waals surface area contributed by atoms with Crippen LogP contribution in [0.3, 0.4) is 0 Å². The molecule has 130 valence electrons. The monoisotopic (exact) mass is 331 g/mol. The van der Waals surface area contributed by atoms with Gasteiger partial charge in [0.25, 0.3) is 5.91 Å². The van der Waals surface area contributed by atoms with E-state index < -0.39 is 0 Å². The average Bonchev–Trinajstić information content (AvgIpc) is 3.17. The Bertz CT molecular complexity index is 683. The normalized spacial score (nSPS) is 16.1. The van der Waals surface area contributed by atoms with Crippen molar-refractivity contribution in [1.29, 1.82) is 0 Å². The molecule has 0 atom stereocenters. The van der Waals surface area contributed by atoms with Crippen LogP contribution in [0.2, 0.25) is 0 Å². The zero-order chi connectivity index (χ0) is 17.1. The van der Waals surface area contributed by atoms with Gasteiger partial charge in [0.15, 0.2) is 0 Å². The predicted octanol–water partition coefficient (Wildman–Crippen LogP) is 1.56. The van der Waals surface area contributed by atoms with E-state index in [0.717, 1.165) is 37.6 Å². The number of carbonyl (C=O) groups is 1. The topological polar surface area (TPSA) is 67.4 Å². The van der Waals surface area contributed by atoms with Gasteiger partial charge in [0.05, 0.1) is 12.2 Å². The van der Waals surface area contributed by atoms with Crippen molar-refractivity contribution in [3.8, 4) is 0 Å². The fourth-order valence-corrected chi connectivity index (χ4v) is 2.94. The van der Waals surface area contributed by atoms with E-state index in [-0.39, 0.29) is 5.91 Å². The highest BCUT2D eigenvalue weighted by molar-refractivity contribution is 5.91. The summed E-state index contributed by atoms with van der Waals surface area (Å²) in [5, 5.41) is 4.00. The van der Waals surface area contributed by atoms with E-state index in [4.69, 9.17) is 4.52 Å². The van der Waals surface area contributed by atoms with Gasteiger partial charge in [-0.25, -0.2) is 4.98 Å². The highest BCUT2D eigenvalue weighted by Gasteiger charge is 2.25. The molecule has 0 spiro atoms. The molecule has 0 aliphatic carbocycles. The van der Waals surface area contributed by atoms with Crippen LogP contribution in [0.15, 0.2) is 23.0 Å². The molecule has 7 heteroatoms. The molecule has 1 fully saturated rings. The van der Waals surface area contributed by atoms with Crippen molar-refractivity contribution in [2.45, 2.75) is 26.8 Å². The largest absolute Gasteiger partial charge is 0.351 e. The molecule has 0 N–H and O–H groups in total. The lowest BCUT2D eigenvalue weighted by Gasteiger charge is -2.33. The van der Waals surface area contributed by atoms with E-state index in [1.807, 2.05) is 28.9 Å².